The van der Waals surface area contributed by atoms with Gasteiger partial charge >= 0.3 is 0 Å². The van der Waals surface area contributed by atoms with Gasteiger partial charge in [0.2, 0.25) is 0 Å². The van der Waals surface area contributed by atoms with Gasteiger partial charge in [0.15, 0.2) is 0 Å². The molecular formula is C16H35NO. The number of aliphatic hydroxyl groups is 1. The zero-order valence-corrected chi connectivity index (χ0v) is 14.0. The van der Waals surface area contributed by atoms with E-state index in [0.717, 1.165) is 6.42 Å². The first-order valence-electron chi connectivity index (χ1n) is 7.38. The molecule has 2 unspecified atom stereocenters. The van der Waals surface area contributed by atoms with E-state index >= 15 is 0 Å². The van der Waals surface area contributed by atoms with Gasteiger partial charge in [0.25, 0.3) is 0 Å². The Bertz CT molecular complexity index is 219. The molecule has 1 aliphatic carbocycles. The predicted molar refractivity (Wildman–Crippen MR) is 85.0 cm³/mol. The van der Waals surface area contributed by atoms with Gasteiger partial charge in [-0.05, 0) is 32.9 Å². The molecule has 1 aliphatic rings. The van der Waals surface area contributed by atoms with Crippen molar-refractivity contribution in [3.05, 3.63) is 23.3 Å². The van der Waals surface area contributed by atoms with Crippen LogP contribution < -0.4 is 5.32 Å². The average Bonchev–Trinajstić information content (AvgIpc) is 2.71. The van der Waals surface area contributed by atoms with Gasteiger partial charge in [-0.15, -0.1) is 0 Å². The normalized spacial score (nSPS) is 21.4. The van der Waals surface area contributed by atoms with Crippen LogP contribution in [0.15, 0.2) is 23.3 Å². The minimum absolute atomic E-state index is 0.126. The largest absolute Gasteiger partial charge is 0.391 e. The van der Waals surface area contributed by atoms with Crippen molar-refractivity contribution in [3.63, 3.8) is 0 Å². The minimum atomic E-state index is -0.249. The Balaban J connectivity index is -0.000000328. The summed E-state index contributed by atoms with van der Waals surface area (Å²) in [6, 6.07) is 0.126. The lowest BCUT2D eigenvalue weighted by atomic mass is 10.1. The number of likely N-dealkylation sites (N-methyl/N-ethyl adjacent to an activating group) is 1. The van der Waals surface area contributed by atoms with Crippen LogP contribution in [0, 0.1) is 0 Å². The zero-order chi connectivity index (χ0) is 15.1. The standard InChI is InChI=1S/C10H17NO.3C2H6/c1-4-5-8-7(2)6-9(12)10(8)11-3;3*1-2/h4-5,9-12H,6H2,1-3H3;3*1-2H3/b5-4-;;;. The SMILES string of the molecule is C/C=C\C1=C(C)CC(O)C1NC.CC.CC.CC. The number of hydrogen-bond donors (Lipinski definition) is 2. The summed E-state index contributed by atoms with van der Waals surface area (Å²) in [6.45, 7) is 16.1. The van der Waals surface area contributed by atoms with Crippen LogP contribution in [0.1, 0.15) is 61.8 Å². The van der Waals surface area contributed by atoms with Crippen LogP contribution in [0.5, 0.6) is 0 Å². The van der Waals surface area contributed by atoms with Gasteiger partial charge in [0.1, 0.15) is 0 Å². The highest BCUT2D eigenvalue weighted by molar-refractivity contribution is 5.36. The second-order valence-electron chi connectivity index (χ2n) is 3.27. The van der Waals surface area contributed by atoms with Gasteiger partial charge < -0.3 is 10.4 Å². The van der Waals surface area contributed by atoms with Gasteiger partial charge in [-0.2, -0.15) is 0 Å². The molecule has 0 aromatic heterocycles. The molecule has 0 bridgehead atoms. The smallest absolute Gasteiger partial charge is 0.0771 e. The first kappa shape index (κ1) is 22.6. The van der Waals surface area contributed by atoms with Crippen LogP contribution in [-0.2, 0) is 0 Å². The Hall–Kier alpha value is -0.600. The lowest BCUT2D eigenvalue weighted by Crippen LogP contribution is -2.34. The van der Waals surface area contributed by atoms with Crippen molar-refractivity contribution >= 4 is 0 Å². The lowest BCUT2D eigenvalue weighted by Gasteiger charge is -2.15. The average molecular weight is 257 g/mol. The van der Waals surface area contributed by atoms with Gasteiger partial charge in [0, 0.05) is 0 Å². The van der Waals surface area contributed by atoms with Gasteiger partial charge in [0.05, 0.1) is 12.1 Å². The van der Waals surface area contributed by atoms with Crippen molar-refractivity contribution in [2.45, 2.75) is 74.0 Å². The summed E-state index contributed by atoms with van der Waals surface area (Å²) >= 11 is 0. The molecule has 0 spiro atoms. The van der Waals surface area contributed by atoms with Crippen molar-refractivity contribution in [1.29, 1.82) is 0 Å². The Morgan fingerprint density at radius 3 is 1.89 bits per heavy atom. The van der Waals surface area contributed by atoms with Crippen LogP contribution in [0.2, 0.25) is 0 Å². The van der Waals surface area contributed by atoms with Gasteiger partial charge in [-0.3, -0.25) is 0 Å². The van der Waals surface area contributed by atoms with E-state index in [1.165, 1.54) is 11.1 Å². The molecular weight excluding hydrogens is 222 g/mol. The summed E-state index contributed by atoms with van der Waals surface area (Å²) in [7, 11) is 1.88. The molecule has 0 saturated heterocycles. The van der Waals surface area contributed by atoms with Gasteiger partial charge in [-0.25, -0.2) is 0 Å². The van der Waals surface area contributed by atoms with E-state index in [4.69, 9.17) is 0 Å². The maximum absolute atomic E-state index is 9.62. The number of allylic oxidation sites excluding steroid dienone is 1. The molecule has 1 rings (SSSR count). The highest BCUT2D eigenvalue weighted by Crippen LogP contribution is 2.27. The van der Waals surface area contributed by atoms with E-state index in [0.29, 0.717) is 0 Å². The monoisotopic (exact) mass is 257 g/mol. The second-order valence-corrected chi connectivity index (χ2v) is 3.27. The fourth-order valence-corrected chi connectivity index (χ4v) is 1.80. The Kier molecular flexibility index (Phi) is 20.6. The molecule has 2 nitrogen and oxygen atoms in total. The summed E-state index contributed by atoms with van der Waals surface area (Å²) in [5, 5.41) is 12.7. The van der Waals surface area contributed by atoms with Gasteiger partial charge in [-0.1, -0.05) is 59.3 Å². The highest BCUT2D eigenvalue weighted by Gasteiger charge is 2.28. The first-order chi connectivity index (χ1) is 8.70. The van der Waals surface area contributed by atoms with Crippen LogP contribution >= 0.6 is 0 Å². The molecule has 0 saturated carbocycles. The van der Waals surface area contributed by atoms with E-state index in [-0.39, 0.29) is 12.1 Å². The number of nitrogens with one attached hydrogen (secondary N) is 1. The topological polar surface area (TPSA) is 32.3 Å². The maximum Gasteiger partial charge on any atom is 0.0771 e. The molecule has 18 heavy (non-hydrogen) atoms. The second kappa shape index (κ2) is 16.4. The number of hydrogen-bond acceptors (Lipinski definition) is 2. The summed E-state index contributed by atoms with van der Waals surface area (Å²) in [6.07, 6.45) is 4.64. The first-order valence-corrected chi connectivity index (χ1v) is 7.38. The maximum atomic E-state index is 9.62. The minimum Gasteiger partial charge on any atom is -0.391 e. The molecule has 0 fully saturated rings. The van der Waals surface area contributed by atoms with Crippen molar-refractivity contribution in [2.24, 2.45) is 0 Å². The summed E-state index contributed by atoms with van der Waals surface area (Å²) in [5.74, 6) is 0. The number of aliphatic hydroxyl groups excluding tert-OH is 1. The van der Waals surface area contributed by atoms with E-state index in [2.05, 4.69) is 18.3 Å². The molecule has 0 aromatic rings. The van der Waals surface area contributed by atoms with E-state index in [9.17, 15) is 5.11 Å². The molecule has 2 N–H and O–H groups in total. The van der Waals surface area contributed by atoms with Crippen LogP contribution in [-0.4, -0.2) is 24.3 Å². The van der Waals surface area contributed by atoms with E-state index in [1.807, 2.05) is 61.6 Å². The quantitative estimate of drug-likeness (QED) is 0.772. The van der Waals surface area contributed by atoms with Crippen molar-refractivity contribution in [2.75, 3.05) is 7.05 Å². The highest BCUT2D eigenvalue weighted by atomic mass is 16.3. The summed E-state index contributed by atoms with van der Waals surface area (Å²) < 4.78 is 0. The van der Waals surface area contributed by atoms with Crippen LogP contribution in [0.25, 0.3) is 0 Å². The fourth-order valence-electron chi connectivity index (χ4n) is 1.80. The lowest BCUT2D eigenvalue weighted by molar-refractivity contribution is 0.158. The van der Waals surface area contributed by atoms with Crippen LogP contribution in [0.3, 0.4) is 0 Å². The Labute approximate surface area is 115 Å². The van der Waals surface area contributed by atoms with Crippen molar-refractivity contribution in [1.82, 2.24) is 5.32 Å². The molecule has 2 atom stereocenters. The summed E-state index contributed by atoms with van der Waals surface area (Å²) in [5.41, 5.74) is 2.53. The molecule has 0 aliphatic heterocycles. The van der Waals surface area contributed by atoms with Crippen LogP contribution in [0.4, 0.5) is 0 Å². The molecule has 2 heteroatoms. The third kappa shape index (κ3) is 7.67. The molecule has 0 heterocycles. The van der Waals surface area contributed by atoms with Crippen molar-refractivity contribution in [3.8, 4) is 0 Å². The molecule has 0 radical (unpaired) electrons. The number of rotatable bonds is 2. The van der Waals surface area contributed by atoms with Crippen molar-refractivity contribution < 1.29 is 5.11 Å². The summed E-state index contributed by atoms with van der Waals surface area (Å²) in [4.78, 5) is 0. The molecule has 110 valence electrons. The molecule has 0 amide bonds. The Morgan fingerprint density at radius 2 is 1.56 bits per heavy atom. The predicted octanol–water partition coefficient (Wildman–Crippen LogP) is 4.31. The third-order valence-electron chi connectivity index (χ3n) is 2.39. The van der Waals surface area contributed by atoms with E-state index in [1.54, 1.807) is 0 Å². The molecule has 0 aromatic carbocycles. The third-order valence-corrected chi connectivity index (χ3v) is 2.39. The van der Waals surface area contributed by atoms with E-state index < -0.39 is 0 Å². The zero-order valence-electron chi connectivity index (χ0n) is 14.0. The Morgan fingerprint density at radius 1 is 1.11 bits per heavy atom. The fraction of sp³-hybridized carbons (Fsp3) is 0.750.